The predicted octanol–water partition coefficient (Wildman–Crippen LogP) is -0.536. The average Bonchev–Trinajstić information content (AvgIpc) is 2.01. The summed E-state index contributed by atoms with van der Waals surface area (Å²) in [5.41, 5.74) is 7.46. The zero-order valence-corrected chi connectivity index (χ0v) is 9.03. The van der Waals surface area contributed by atoms with Crippen LogP contribution >= 0.6 is 0 Å². The SMILES string of the molecule is CC(C)(C(N)=O)C(C)(CC(=O)O)C(N)=O. The summed E-state index contributed by atoms with van der Waals surface area (Å²) in [6.45, 7) is 4.14. The van der Waals surface area contributed by atoms with Crippen molar-refractivity contribution in [1.82, 2.24) is 0 Å². The summed E-state index contributed by atoms with van der Waals surface area (Å²) < 4.78 is 0. The van der Waals surface area contributed by atoms with Crippen molar-refractivity contribution < 1.29 is 19.5 Å². The molecule has 0 aromatic rings. The van der Waals surface area contributed by atoms with Crippen LogP contribution in [0.2, 0.25) is 0 Å². The number of carbonyl (C=O) groups is 3. The summed E-state index contributed by atoms with van der Waals surface area (Å²) in [6.07, 6.45) is -0.529. The largest absolute Gasteiger partial charge is 0.481 e. The quantitative estimate of drug-likeness (QED) is 0.571. The van der Waals surface area contributed by atoms with Crippen LogP contribution in [-0.4, -0.2) is 22.9 Å². The van der Waals surface area contributed by atoms with E-state index in [0.29, 0.717) is 0 Å². The van der Waals surface area contributed by atoms with Gasteiger partial charge in [-0.3, -0.25) is 14.4 Å². The van der Waals surface area contributed by atoms with Gasteiger partial charge in [0.1, 0.15) is 0 Å². The average molecular weight is 216 g/mol. The van der Waals surface area contributed by atoms with Crippen molar-refractivity contribution in [3.63, 3.8) is 0 Å². The standard InChI is InChI=1S/C9H16N2O4/c1-8(2,6(10)14)9(3,7(11)15)4-5(12)13/h4H2,1-3H3,(H2,10,14)(H2,11,15)(H,12,13). The number of primary amides is 2. The van der Waals surface area contributed by atoms with E-state index in [4.69, 9.17) is 16.6 Å². The first kappa shape index (κ1) is 13.4. The van der Waals surface area contributed by atoms with Crippen molar-refractivity contribution in [2.75, 3.05) is 0 Å². The van der Waals surface area contributed by atoms with Crippen molar-refractivity contribution in [2.45, 2.75) is 27.2 Å². The molecule has 0 heterocycles. The van der Waals surface area contributed by atoms with Crippen molar-refractivity contribution in [3.05, 3.63) is 0 Å². The van der Waals surface area contributed by atoms with Crippen LogP contribution in [0.3, 0.4) is 0 Å². The first-order chi connectivity index (χ1) is 6.55. The van der Waals surface area contributed by atoms with E-state index in [0.717, 1.165) is 0 Å². The molecule has 0 aromatic heterocycles. The zero-order chi connectivity index (χ0) is 12.4. The van der Waals surface area contributed by atoms with Gasteiger partial charge in [-0.15, -0.1) is 0 Å². The van der Waals surface area contributed by atoms with Crippen molar-refractivity contribution in [3.8, 4) is 0 Å². The first-order valence-electron chi connectivity index (χ1n) is 4.37. The number of amides is 2. The fourth-order valence-electron chi connectivity index (χ4n) is 1.19. The lowest BCUT2D eigenvalue weighted by atomic mass is 9.64. The van der Waals surface area contributed by atoms with E-state index in [9.17, 15) is 14.4 Å². The van der Waals surface area contributed by atoms with Crippen LogP contribution in [0.25, 0.3) is 0 Å². The van der Waals surface area contributed by atoms with E-state index < -0.39 is 35.0 Å². The van der Waals surface area contributed by atoms with E-state index in [1.54, 1.807) is 0 Å². The molecule has 0 saturated heterocycles. The molecule has 86 valence electrons. The van der Waals surface area contributed by atoms with Gasteiger partial charge in [-0.05, 0) is 20.8 Å². The van der Waals surface area contributed by atoms with Crippen LogP contribution in [0.4, 0.5) is 0 Å². The van der Waals surface area contributed by atoms with Gasteiger partial charge in [0.2, 0.25) is 11.8 Å². The van der Waals surface area contributed by atoms with Gasteiger partial charge in [-0.2, -0.15) is 0 Å². The molecule has 0 radical (unpaired) electrons. The van der Waals surface area contributed by atoms with E-state index >= 15 is 0 Å². The summed E-state index contributed by atoms with van der Waals surface area (Å²) in [6, 6.07) is 0. The van der Waals surface area contributed by atoms with Gasteiger partial charge in [0.25, 0.3) is 0 Å². The second kappa shape index (κ2) is 3.88. The highest BCUT2D eigenvalue weighted by Gasteiger charge is 2.51. The smallest absolute Gasteiger partial charge is 0.304 e. The van der Waals surface area contributed by atoms with Gasteiger partial charge in [0.15, 0.2) is 0 Å². The Morgan fingerprint density at radius 3 is 1.67 bits per heavy atom. The number of carboxylic acids is 1. The van der Waals surface area contributed by atoms with Gasteiger partial charge in [0, 0.05) is 0 Å². The molecule has 0 fully saturated rings. The lowest BCUT2D eigenvalue weighted by Gasteiger charge is -2.38. The molecule has 1 unspecified atom stereocenters. The van der Waals surface area contributed by atoms with Crippen molar-refractivity contribution in [1.29, 1.82) is 0 Å². The second-order valence-electron chi connectivity index (χ2n) is 4.26. The lowest BCUT2D eigenvalue weighted by Crippen LogP contribution is -2.53. The Morgan fingerprint density at radius 2 is 1.47 bits per heavy atom. The van der Waals surface area contributed by atoms with E-state index in [-0.39, 0.29) is 0 Å². The number of hydrogen-bond donors (Lipinski definition) is 3. The molecule has 0 bridgehead atoms. The molecule has 0 aliphatic heterocycles. The third kappa shape index (κ3) is 2.26. The molecule has 0 spiro atoms. The Hall–Kier alpha value is -1.59. The summed E-state index contributed by atoms with van der Waals surface area (Å²) in [4.78, 5) is 33.1. The molecule has 6 nitrogen and oxygen atoms in total. The molecule has 5 N–H and O–H groups in total. The van der Waals surface area contributed by atoms with Crippen LogP contribution in [0.15, 0.2) is 0 Å². The number of nitrogens with two attached hydrogens (primary N) is 2. The summed E-state index contributed by atoms with van der Waals surface area (Å²) in [5, 5.41) is 8.68. The maximum atomic E-state index is 11.3. The number of carboxylic acid groups (broad SMARTS) is 1. The minimum absolute atomic E-state index is 0.529. The molecule has 2 amide bonds. The van der Waals surface area contributed by atoms with E-state index in [1.807, 2.05) is 0 Å². The minimum Gasteiger partial charge on any atom is -0.481 e. The van der Waals surface area contributed by atoms with Crippen LogP contribution in [-0.2, 0) is 14.4 Å². The fourth-order valence-corrected chi connectivity index (χ4v) is 1.19. The van der Waals surface area contributed by atoms with Gasteiger partial charge in [0.05, 0.1) is 17.3 Å². The molecule has 0 saturated carbocycles. The number of hydrogen-bond acceptors (Lipinski definition) is 3. The first-order valence-corrected chi connectivity index (χ1v) is 4.37. The number of rotatable bonds is 5. The Morgan fingerprint density at radius 1 is 1.07 bits per heavy atom. The maximum Gasteiger partial charge on any atom is 0.304 e. The number of carbonyl (C=O) groups excluding carboxylic acids is 2. The minimum atomic E-state index is -1.50. The van der Waals surface area contributed by atoms with Crippen LogP contribution in [0.5, 0.6) is 0 Å². The summed E-state index contributed by atoms with van der Waals surface area (Å²) >= 11 is 0. The molecular weight excluding hydrogens is 200 g/mol. The highest BCUT2D eigenvalue weighted by Crippen LogP contribution is 2.41. The predicted molar refractivity (Wildman–Crippen MR) is 52.5 cm³/mol. The van der Waals surface area contributed by atoms with Gasteiger partial charge in [-0.25, -0.2) is 0 Å². The molecule has 15 heavy (non-hydrogen) atoms. The third-order valence-corrected chi connectivity index (χ3v) is 3.04. The Bertz CT molecular complexity index is 311. The fraction of sp³-hybridized carbons (Fsp3) is 0.667. The molecule has 6 heteroatoms. The zero-order valence-electron chi connectivity index (χ0n) is 9.03. The van der Waals surface area contributed by atoms with Crippen LogP contribution in [0.1, 0.15) is 27.2 Å². The van der Waals surface area contributed by atoms with Crippen LogP contribution < -0.4 is 11.5 Å². The Labute approximate surface area is 87.6 Å². The highest BCUT2D eigenvalue weighted by atomic mass is 16.4. The van der Waals surface area contributed by atoms with Gasteiger partial charge < -0.3 is 16.6 Å². The van der Waals surface area contributed by atoms with Gasteiger partial charge >= 0.3 is 5.97 Å². The van der Waals surface area contributed by atoms with E-state index in [1.165, 1.54) is 20.8 Å². The topological polar surface area (TPSA) is 123 Å². The molecule has 0 aromatic carbocycles. The molecule has 1 atom stereocenters. The van der Waals surface area contributed by atoms with Crippen molar-refractivity contribution >= 4 is 17.8 Å². The molecule has 0 rings (SSSR count). The third-order valence-electron chi connectivity index (χ3n) is 3.04. The highest BCUT2D eigenvalue weighted by molar-refractivity contribution is 5.93. The lowest BCUT2D eigenvalue weighted by molar-refractivity contribution is -0.153. The summed E-state index contributed by atoms with van der Waals surface area (Å²) in [7, 11) is 0. The molecular formula is C9H16N2O4. The monoisotopic (exact) mass is 216 g/mol. The summed E-state index contributed by atoms with van der Waals surface area (Å²) in [5.74, 6) is -2.82. The van der Waals surface area contributed by atoms with E-state index in [2.05, 4.69) is 0 Å². The second-order valence-corrected chi connectivity index (χ2v) is 4.26. The molecule has 0 aliphatic carbocycles. The normalized spacial score (nSPS) is 15.4. The Balaban J connectivity index is 5.38. The van der Waals surface area contributed by atoms with Gasteiger partial charge in [-0.1, -0.05) is 0 Å². The van der Waals surface area contributed by atoms with Crippen LogP contribution in [0, 0.1) is 10.8 Å². The number of aliphatic carboxylic acids is 1. The maximum absolute atomic E-state index is 11.3. The Kier molecular flexibility index (Phi) is 3.47. The molecule has 0 aliphatic rings. The van der Waals surface area contributed by atoms with Crippen molar-refractivity contribution in [2.24, 2.45) is 22.3 Å².